The lowest BCUT2D eigenvalue weighted by atomic mass is 9.65. The van der Waals surface area contributed by atoms with E-state index >= 15 is 0 Å². The molecule has 212 valence electrons. The van der Waals surface area contributed by atoms with Crippen LogP contribution in [-0.4, -0.2) is 60.4 Å². The number of benzodiazepines with no additional fused rings is 1. The number of fused-ring (bicyclic) bond motifs is 1. The van der Waals surface area contributed by atoms with Gasteiger partial charge in [0.15, 0.2) is 0 Å². The molecule has 0 bridgehead atoms. The summed E-state index contributed by atoms with van der Waals surface area (Å²) < 4.78 is 5.55. The van der Waals surface area contributed by atoms with Crippen molar-refractivity contribution in [3.63, 3.8) is 0 Å². The first-order valence-electron chi connectivity index (χ1n) is 14.3. The van der Waals surface area contributed by atoms with Gasteiger partial charge in [-0.25, -0.2) is 9.79 Å². The van der Waals surface area contributed by atoms with E-state index in [0.29, 0.717) is 18.8 Å². The van der Waals surface area contributed by atoms with E-state index in [4.69, 9.17) is 9.73 Å². The summed E-state index contributed by atoms with van der Waals surface area (Å²) >= 11 is 0. The number of carbonyl (C=O) groups excluding carboxylic acids is 3. The van der Waals surface area contributed by atoms with E-state index in [0.717, 1.165) is 55.3 Å². The Morgan fingerprint density at radius 3 is 2.23 bits per heavy atom. The molecule has 1 saturated heterocycles. The minimum atomic E-state index is -0.993. The molecule has 2 fully saturated rings. The van der Waals surface area contributed by atoms with Crippen LogP contribution in [0.25, 0.3) is 0 Å². The van der Waals surface area contributed by atoms with E-state index < -0.39 is 11.8 Å². The number of ether oxygens (including phenoxy) is 1. The van der Waals surface area contributed by atoms with Gasteiger partial charge in [-0.2, -0.15) is 0 Å². The van der Waals surface area contributed by atoms with Crippen LogP contribution in [0.2, 0.25) is 0 Å². The fourth-order valence-corrected chi connectivity index (χ4v) is 6.18. The second-order valence-electron chi connectivity index (χ2n) is 12.4. The fourth-order valence-electron chi connectivity index (χ4n) is 6.18. The second kappa shape index (κ2) is 11.1. The normalized spacial score (nSPS) is 21.4. The first-order chi connectivity index (χ1) is 19.1. The number of rotatable bonds is 3. The van der Waals surface area contributed by atoms with Crippen molar-refractivity contribution in [2.75, 3.05) is 25.0 Å². The highest BCUT2D eigenvalue weighted by Crippen LogP contribution is 2.46. The Bertz CT molecular complexity index is 1280. The van der Waals surface area contributed by atoms with Gasteiger partial charge in [-0.15, -0.1) is 0 Å². The summed E-state index contributed by atoms with van der Waals surface area (Å²) in [6.07, 6.45) is 4.03. The van der Waals surface area contributed by atoms with Crippen molar-refractivity contribution >= 4 is 29.3 Å². The van der Waals surface area contributed by atoms with E-state index in [2.05, 4.69) is 5.32 Å². The average Bonchev–Trinajstić information content (AvgIpc) is 3.04. The van der Waals surface area contributed by atoms with Crippen LogP contribution in [0.4, 0.5) is 10.5 Å². The predicted molar refractivity (Wildman–Crippen MR) is 155 cm³/mol. The molecule has 1 N–H and O–H groups in total. The Hall–Kier alpha value is -3.68. The zero-order valence-electron chi connectivity index (χ0n) is 24.0. The van der Waals surface area contributed by atoms with Crippen molar-refractivity contribution in [3.05, 3.63) is 65.7 Å². The third-order valence-corrected chi connectivity index (χ3v) is 8.56. The van der Waals surface area contributed by atoms with Crippen molar-refractivity contribution in [3.8, 4) is 0 Å². The van der Waals surface area contributed by atoms with E-state index in [9.17, 15) is 14.4 Å². The van der Waals surface area contributed by atoms with E-state index in [1.807, 2.05) is 80.3 Å². The Morgan fingerprint density at radius 2 is 1.57 bits per heavy atom. The highest BCUT2D eigenvalue weighted by Gasteiger charge is 2.42. The fraction of sp³-hybridized carbons (Fsp3) is 0.500. The van der Waals surface area contributed by atoms with E-state index in [1.165, 1.54) is 0 Å². The molecule has 2 aromatic carbocycles. The third-order valence-electron chi connectivity index (χ3n) is 8.56. The lowest BCUT2D eigenvalue weighted by Gasteiger charge is -2.45. The molecule has 0 aromatic heterocycles. The zero-order chi connectivity index (χ0) is 28.5. The molecule has 40 heavy (non-hydrogen) atoms. The van der Waals surface area contributed by atoms with Crippen LogP contribution in [-0.2, 0) is 14.3 Å². The molecular formula is C32H40N4O4. The topological polar surface area (TPSA) is 91.3 Å². The molecule has 8 heteroatoms. The maximum absolute atomic E-state index is 13.5. The molecule has 8 nitrogen and oxygen atoms in total. The summed E-state index contributed by atoms with van der Waals surface area (Å²) in [5, 5.41) is 2.99. The maximum atomic E-state index is 13.5. The monoisotopic (exact) mass is 544 g/mol. The Labute approximate surface area is 236 Å². The van der Waals surface area contributed by atoms with E-state index in [1.54, 1.807) is 11.9 Å². The maximum Gasteiger partial charge on any atom is 0.410 e. The lowest BCUT2D eigenvalue weighted by Crippen LogP contribution is -2.49. The van der Waals surface area contributed by atoms with Crippen molar-refractivity contribution in [1.29, 1.82) is 0 Å². The summed E-state index contributed by atoms with van der Waals surface area (Å²) in [5.41, 5.74) is 2.88. The third kappa shape index (κ3) is 5.91. The minimum Gasteiger partial charge on any atom is -0.444 e. The SMILES string of the molecule is CN1C(=O)C(NC(=O)C2CCC3(CC2)CCN(C(=O)OC(C)(C)C)CC3)N=C(c2ccccc2)c2ccccc21. The Balaban J connectivity index is 1.24. The number of carbonyl (C=O) groups is 3. The summed E-state index contributed by atoms with van der Waals surface area (Å²) in [6, 6.07) is 17.5. The number of anilines is 1. The van der Waals surface area contributed by atoms with Gasteiger partial charge in [-0.3, -0.25) is 9.59 Å². The van der Waals surface area contributed by atoms with Crippen LogP contribution in [0.1, 0.15) is 70.4 Å². The predicted octanol–water partition coefficient (Wildman–Crippen LogP) is 5.15. The molecular weight excluding hydrogens is 504 g/mol. The molecule has 1 saturated carbocycles. The van der Waals surface area contributed by atoms with Gasteiger partial charge in [0.25, 0.3) is 5.91 Å². The summed E-state index contributed by atoms with van der Waals surface area (Å²) in [4.78, 5) is 47.7. The second-order valence-corrected chi connectivity index (χ2v) is 12.4. The number of hydrogen-bond donors (Lipinski definition) is 1. The number of aliphatic imine (C=N–C) groups is 1. The highest BCUT2D eigenvalue weighted by atomic mass is 16.6. The van der Waals surface area contributed by atoms with Crippen LogP contribution < -0.4 is 10.2 Å². The van der Waals surface area contributed by atoms with Crippen LogP contribution >= 0.6 is 0 Å². The molecule has 2 aliphatic heterocycles. The molecule has 5 rings (SSSR count). The van der Waals surface area contributed by atoms with Gasteiger partial charge in [-0.1, -0.05) is 48.5 Å². The number of likely N-dealkylation sites (tertiary alicyclic amines) is 1. The number of para-hydroxylation sites is 1. The summed E-state index contributed by atoms with van der Waals surface area (Å²) in [7, 11) is 1.73. The van der Waals surface area contributed by atoms with Crippen molar-refractivity contribution < 1.29 is 19.1 Å². The average molecular weight is 545 g/mol. The molecule has 1 aliphatic carbocycles. The number of nitrogens with zero attached hydrogens (tertiary/aromatic N) is 3. The van der Waals surface area contributed by atoms with Crippen molar-refractivity contribution in [1.82, 2.24) is 10.2 Å². The van der Waals surface area contributed by atoms with Crippen LogP contribution in [0.15, 0.2) is 59.6 Å². The van der Waals surface area contributed by atoms with Gasteiger partial charge in [0.2, 0.25) is 12.1 Å². The highest BCUT2D eigenvalue weighted by molar-refractivity contribution is 6.20. The first-order valence-corrected chi connectivity index (χ1v) is 14.3. The lowest BCUT2D eigenvalue weighted by molar-refractivity contribution is -0.131. The standard InChI is InChI=1S/C32H40N4O4/c1-31(2,3)40-30(39)36-20-18-32(19-21-36)16-14-23(15-17-32)28(37)34-27-29(38)35(4)25-13-9-8-12-24(25)26(33-27)22-10-6-5-7-11-22/h5-13,23,27H,14-21H2,1-4H3,(H,34,37). The molecule has 0 radical (unpaired) electrons. The molecule has 3 aliphatic rings. The minimum absolute atomic E-state index is 0.116. The number of hydrogen-bond acceptors (Lipinski definition) is 5. The van der Waals surface area contributed by atoms with Gasteiger partial charge >= 0.3 is 6.09 Å². The first kappa shape index (κ1) is 27.9. The zero-order valence-corrected chi connectivity index (χ0v) is 24.0. The number of piperidine rings is 1. The van der Waals surface area contributed by atoms with Gasteiger partial charge < -0.3 is 19.9 Å². The van der Waals surface area contributed by atoms with Crippen LogP contribution in [0, 0.1) is 11.3 Å². The molecule has 2 aromatic rings. The van der Waals surface area contributed by atoms with Gasteiger partial charge in [0.1, 0.15) is 5.60 Å². The largest absolute Gasteiger partial charge is 0.444 e. The number of benzene rings is 2. The molecule has 1 unspecified atom stereocenters. The summed E-state index contributed by atoms with van der Waals surface area (Å²) in [5.74, 6) is -0.531. The summed E-state index contributed by atoms with van der Waals surface area (Å²) in [6.45, 7) is 7.03. The van der Waals surface area contributed by atoms with Crippen LogP contribution in [0.5, 0.6) is 0 Å². The van der Waals surface area contributed by atoms with E-state index in [-0.39, 0.29) is 29.2 Å². The number of nitrogens with one attached hydrogen (secondary N) is 1. The van der Waals surface area contributed by atoms with Crippen molar-refractivity contribution in [2.45, 2.75) is 71.1 Å². The Morgan fingerprint density at radius 1 is 0.950 bits per heavy atom. The molecule has 3 amide bonds. The van der Waals surface area contributed by atoms with Gasteiger partial charge in [-0.05, 0) is 70.8 Å². The number of amides is 3. The quantitative estimate of drug-likeness (QED) is 0.579. The molecule has 1 atom stereocenters. The van der Waals surface area contributed by atoms with Crippen molar-refractivity contribution in [2.24, 2.45) is 16.3 Å². The van der Waals surface area contributed by atoms with Crippen LogP contribution in [0.3, 0.4) is 0 Å². The molecule has 1 spiro atoms. The molecule has 2 heterocycles. The Kier molecular flexibility index (Phi) is 7.71. The van der Waals surface area contributed by atoms with Gasteiger partial charge in [0, 0.05) is 37.2 Å². The smallest absolute Gasteiger partial charge is 0.410 e. The number of likely N-dealkylation sites (N-methyl/N-ethyl adjacent to an activating group) is 1. The van der Waals surface area contributed by atoms with Gasteiger partial charge in [0.05, 0.1) is 11.4 Å².